The van der Waals surface area contributed by atoms with Crippen molar-refractivity contribution in [1.82, 2.24) is 30.3 Å². The first-order valence-electron chi connectivity index (χ1n) is 7.01. The number of anilines is 1. The van der Waals surface area contributed by atoms with E-state index in [1.54, 1.807) is 22.7 Å². The number of carbonyl (C=O) groups excluding carboxylic acids is 1. The molecule has 0 aliphatic carbocycles. The van der Waals surface area contributed by atoms with Crippen molar-refractivity contribution >= 4 is 28.4 Å². The molecule has 0 atom stereocenters. The Kier molecular flexibility index (Phi) is 2.86. The van der Waals surface area contributed by atoms with Crippen LogP contribution in [0.15, 0.2) is 18.2 Å². The summed E-state index contributed by atoms with van der Waals surface area (Å²) < 4.78 is 1.60. The molecule has 22 heavy (non-hydrogen) atoms. The molecule has 9 nitrogen and oxygen atoms in total. The van der Waals surface area contributed by atoms with E-state index in [0.717, 1.165) is 37.5 Å². The van der Waals surface area contributed by atoms with E-state index in [1.807, 2.05) is 0 Å². The van der Waals surface area contributed by atoms with Crippen molar-refractivity contribution in [2.75, 3.05) is 31.1 Å². The van der Waals surface area contributed by atoms with E-state index < -0.39 is 5.91 Å². The van der Waals surface area contributed by atoms with Crippen LogP contribution in [0.5, 0.6) is 0 Å². The van der Waals surface area contributed by atoms with Crippen molar-refractivity contribution < 1.29 is 4.79 Å². The molecule has 1 saturated heterocycles. The van der Waals surface area contributed by atoms with Gasteiger partial charge in [0.1, 0.15) is 0 Å². The number of fused-ring (bicyclic) bond motifs is 3. The van der Waals surface area contributed by atoms with Crippen LogP contribution in [0.4, 0.5) is 5.82 Å². The van der Waals surface area contributed by atoms with Crippen LogP contribution in [0.2, 0.25) is 0 Å². The number of primary amides is 1. The van der Waals surface area contributed by atoms with Gasteiger partial charge in [0.05, 0.1) is 11.0 Å². The number of aromatic nitrogens is 5. The van der Waals surface area contributed by atoms with Gasteiger partial charge in [0.25, 0.3) is 0 Å². The lowest BCUT2D eigenvalue weighted by Gasteiger charge is -2.28. The zero-order chi connectivity index (χ0) is 15.1. The first-order chi connectivity index (χ1) is 10.7. The largest absolute Gasteiger partial charge is 0.366 e. The second-order valence-electron chi connectivity index (χ2n) is 5.15. The number of nitrogens with two attached hydrogens (primary N) is 1. The minimum Gasteiger partial charge on any atom is -0.366 e. The van der Waals surface area contributed by atoms with Gasteiger partial charge in [-0.15, -0.1) is 5.10 Å². The van der Waals surface area contributed by atoms with Gasteiger partial charge >= 0.3 is 0 Å². The Bertz CT molecular complexity index is 867. The number of benzene rings is 1. The van der Waals surface area contributed by atoms with Crippen LogP contribution < -0.4 is 16.0 Å². The third kappa shape index (κ3) is 1.94. The zero-order valence-electron chi connectivity index (χ0n) is 11.7. The minimum absolute atomic E-state index is 0.404. The fourth-order valence-electron chi connectivity index (χ4n) is 2.68. The van der Waals surface area contributed by atoms with Gasteiger partial charge in [-0.05, 0) is 28.6 Å². The number of rotatable bonds is 2. The Morgan fingerprint density at radius 1 is 1.27 bits per heavy atom. The van der Waals surface area contributed by atoms with Gasteiger partial charge in [-0.2, -0.15) is 4.52 Å². The van der Waals surface area contributed by atoms with Gasteiger partial charge in [0.15, 0.2) is 5.82 Å². The van der Waals surface area contributed by atoms with Crippen LogP contribution >= 0.6 is 0 Å². The molecule has 0 spiro atoms. The molecule has 4 rings (SSSR count). The number of piperazine rings is 1. The predicted octanol–water partition coefficient (Wildman–Crippen LogP) is -0.819. The first kappa shape index (κ1) is 12.9. The number of nitrogens with zero attached hydrogens (tertiary/aromatic N) is 6. The molecule has 112 valence electrons. The Labute approximate surface area is 125 Å². The molecule has 0 bridgehead atoms. The summed E-state index contributed by atoms with van der Waals surface area (Å²) in [4.78, 5) is 18.2. The third-order valence-corrected chi connectivity index (χ3v) is 3.80. The van der Waals surface area contributed by atoms with Gasteiger partial charge in [-0.25, -0.2) is 4.98 Å². The maximum absolute atomic E-state index is 11.4. The quantitative estimate of drug-likeness (QED) is 0.635. The van der Waals surface area contributed by atoms with Crippen molar-refractivity contribution in [2.45, 2.75) is 0 Å². The van der Waals surface area contributed by atoms with Gasteiger partial charge in [-0.1, -0.05) is 0 Å². The molecule has 2 aromatic heterocycles. The maximum Gasteiger partial charge on any atom is 0.248 e. The second kappa shape index (κ2) is 4.88. The Morgan fingerprint density at radius 2 is 2.09 bits per heavy atom. The summed E-state index contributed by atoms with van der Waals surface area (Å²) in [6.45, 7) is 3.49. The second-order valence-corrected chi connectivity index (χ2v) is 5.15. The fraction of sp³-hybridized carbons (Fsp3) is 0.308. The Hall–Kier alpha value is -2.81. The van der Waals surface area contributed by atoms with Crippen molar-refractivity contribution in [3.8, 4) is 0 Å². The molecule has 3 heterocycles. The van der Waals surface area contributed by atoms with Gasteiger partial charge < -0.3 is 16.0 Å². The van der Waals surface area contributed by atoms with Gasteiger partial charge in [0, 0.05) is 31.7 Å². The van der Waals surface area contributed by atoms with E-state index >= 15 is 0 Å². The molecule has 9 heteroatoms. The summed E-state index contributed by atoms with van der Waals surface area (Å²) in [5.41, 5.74) is 7.70. The molecule has 3 aromatic rings. The highest BCUT2D eigenvalue weighted by Gasteiger charge is 2.19. The standard InChI is InChI=1S/C13H14N8O/c14-11(22)8-1-2-9-10(7-8)21-13(17-18-19-21)12(16-9)20-5-3-15-4-6-20/h1-2,7,15H,3-6H2,(H2,14,22). The van der Waals surface area contributed by atoms with Gasteiger partial charge in [0.2, 0.25) is 11.6 Å². The van der Waals surface area contributed by atoms with E-state index in [9.17, 15) is 4.79 Å². The molecule has 3 N–H and O–H groups in total. The Morgan fingerprint density at radius 3 is 2.86 bits per heavy atom. The summed E-state index contributed by atoms with van der Waals surface area (Å²) >= 11 is 0. The average molecular weight is 298 g/mol. The van der Waals surface area contributed by atoms with Crippen LogP contribution in [0.25, 0.3) is 16.7 Å². The van der Waals surface area contributed by atoms with Crippen LogP contribution in [0.1, 0.15) is 10.4 Å². The topological polar surface area (TPSA) is 114 Å². The van der Waals surface area contributed by atoms with E-state index in [1.165, 1.54) is 0 Å². The summed E-state index contributed by atoms with van der Waals surface area (Å²) in [5, 5.41) is 15.2. The lowest BCUT2D eigenvalue weighted by atomic mass is 10.2. The van der Waals surface area contributed by atoms with E-state index in [2.05, 4.69) is 30.7 Å². The number of nitrogens with one attached hydrogen (secondary N) is 1. The van der Waals surface area contributed by atoms with Crippen molar-refractivity contribution in [2.24, 2.45) is 5.73 Å². The lowest BCUT2D eigenvalue weighted by molar-refractivity contribution is 0.100. The van der Waals surface area contributed by atoms with E-state index in [4.69, 9.17) is 5.73 Å². The van der Waals surface area contributed by atoms with E-state index in [-0.39, 0.29) is 0 Å². The van der Waals surface area contributed by atoms with E-state index in [0.29, 0.717) is 16.7 Å². The van der Waals surface area contributed by atoms with Crippen molar-refractivity contribution in [3.63, 3.8) is 0 Å². The molecule has 1 amide bonds. The molecular formula is C13H14N8O. The number of carbonyl (C=O) groups is 1. The predicted molar refractivity (Wildman–Crippen MR) is 79.7 cm³/mol. The smallest absolute Gasteiger partial charge is 0.248 e. The van der Waals surface area contributed by atoms with Gasteiger partial charge in [-0.3, -0.25) is 4.79 Å². The highest BCUT2D eigenvalue weighted by atomic mass is 16.1. The lowest BCUT2D eigenvalue weighted by Crippen LogP contribution is -2.44. The third-order valence-electron chi connectivity index (χ3n) is 3.80. The van der Waals surface area contributed by atoms with Crippen molar-refractivity contribution in [1.29, 1.82) is 0 Å². The summed E-state index contributed by atoms with van der Waals surface area (Å²) in [6.07, 6.45) is 0. The van der Waals surface area contributed by atoms with Crippen LogP contribution in [0, 0.1) is 0 Å². The number of tetrazole rings is 1. The monoisotopic (exact) mass is 298 g/mol. The highest BCUT2D eigenvalue weighted by molar-refractivity contribution is 5.96. The highest BCUT2D eigenvalue weighted by Crippen LogP contribution is 2.23. The summed E-state index contributed by atoms with van der Waals surface area (Å²) in [5.74, 6) is 0.264. The van der Waals surface area contributed by atoms with Crippen LogP contribution in [-0.4, -0.2) is 57.1 Å². The molecule has 0 radical (unpaired) electrons. The molecule has 1 aliphatic rings. The van der Waals surface area contributed by atoms with Crippen molar-refractivity contribution in [3.05, 3.63) is 23.8 Å². The molecule has 1 aromatic carbocycles. The summed E-state index contributed by atoms with van der Waals surface area (Å²) in [6, 6.07) is 5.09. The molecule has 0 saturated carbocycles. The fourth-order valence-corrected chi connectivity index (χ4v) is 2.68. The number of hydrogen-bond acceptors (Lipinski definition) is 7. The normalized spacial score (nSPS) is 15.5. The molecule has 1 aliphatic heterocycles. The first-order valence-corrected chi connectivity index (χ1v) is 7.01. The SMILES string of the molecule is NC(=O)c1ccc2nc(N3CCNCC3)c3nnnn3c2c1. The Balaban J connectivity index is 1.96. The molecule has 0 unspecified atom stereocenters. The minimum atomic E-state index is -0.491. The maximum atomic E-state index is 11.4. The molecular weight excluding hydrogens is 284 g/mol. The average Bonchev–Trinajstić information content (AvgIpc) is 3.04. The summed E-state index contributed by atoms with van der Waals surface area (Å²) in [7, 11) is 0. The zero-order valence-corrected chi connectivity index (χ0v) is 11.7. The molecule has 1 fully saturated rings. The number of hydrogen-bond donors (Lipinski definition) is 2. The number of amides is 1. The van der Waals surface area contributed by atoms with Crippen LogP contribution in [0.3, 0.4) is 0 Å². The van der Waals surface area contributed by atoms with Crippen LogP contribution in [-0.2, 0) is 0 Å².